The third-order valence-electron chi connectivity index (χ3n) is 3.83. The lowest BCUT2D eigenvalue weighted by Gasteiger charge is -2.11. The summed E-state index contributed by atoms with van der Waals surface area (Å²) in [6.45, 7) is 6.30. The Labute approximate surface area is 152 Å². The fourth-order valence-corrected chi connectivity index (χ4v) is 3.31. The van der Waals surface area contributed by atoms with Crippen LogP contribution in [0.15, 0.2) is 46.9 Å². The number of aromatic nitrogens is 2. The summed E-state index contributed by atoms with van der Waals surface area (Å²) in [6, 6.07) is 10.2. The molecule has 130 valence electrons. The quantitative estimate of drug-likeness (QED) is 0.526. The Bertz CT molecular complexity index is 850. The molecule has 0 amide bonds. The van der Waals surface area contributed by atoms with Crippen molar-refractivity contribution in [2.75, 3.05) is 6.54 Å². The van der Waals surface area contributed by atoms with Crippen LogP contribution in [0.5, 0.6) is 0 Å². The number of aliphatic imine (C=N–C) groups is 1. The lowest BCUT2D eigenvalue weighted by atomic mass is 10.1. The Kier molecular flexibility index (Phi) is 5.95. The molecular formula is C19H23N5S. The molecule has 0 bridgehead atoms. The maximum Gasteiger partial charge on any atom is 0.191 e. The minimum atomic E-state index is 0.607. The number of thiazole rings is 1. The molecule has 0 fully saturated rings. The number of nitrogens with one attached hydrogen (secondary N) is 2. The summed E-state index contributed by atoms with van der Waals surface area (Å²) in [6.07, 6.45) is 2.82. The summed E-state index contributed by atoms with van der Waals surface area (Å²) in [4.78, 5) is 13.7. The van der Waals surface area contributed by atoms with Crippen LogP contribution in [-0.2, 0) is 19.5 Å². The molecule has 0 unspecified atom stereocenters. The second-order valence-electron chi connectivity index (χ2n) is 5.62. The fourth-order valence-electron chi connectivity index (χ4n) is 2.57. The molecule has 2 aromatic heterocycles. The van der Waals surface area contributed by atoms with Crippen LogP contribution < -0.4 is 10.6 Å². The number of hydrogen-bond acceptors (Lipinski definition) is 4. The van der Waals surface area contributed by atoms with Gasteiger partial charge in [-0.3, -0.25) is 4.98 Å². The van der Waals surface area contributed by atoms with Crippen molar-refractivity contribution in [3.8, 4) is 0 Å². The van der Waals surface area contributed by atoms with Crippen molar-refractivity contribution in [2.24, 2.45) is 4.99 Å². The van der Waals surface area contributed by atoms with Gasteiger partial charge in [-0.05, 0) is 31.0 Å². The van der Waals surface area contributed by atoms with Gasteiger partial charge in [-0.15, -0.1) is 11.3 Å². The summed E-state index contributed by atoms with van der Waals surface area (Å²) in [5.41, 5.74) is 3.23. The molecule has 0 aliphatic heterocycles. The average Bonchev–Trinajstić information content (AvgIpc) is 3.12. The van der Waals surface area contributed by atoms with Crippen molar-refractivity contribution in [3.05, 3.63) is 58.2 Å². The Morgan fingerprint density at radius 3 is 2.84 bits per heavy atom. The second kappa shape index (κ2) is 8.58. The van der Waals surface area contributed by atoms with Crippen LogP contribution in [0.2, 0.25) is 0 Å². The lowest BCUT2D eigenvalue weighted by molar-refractivity contribution is 0.800. The Balaban J connectivity index is 1.70. The number of para-hydroxylation sites is 1. The topological polar surface area (TPSA) is 62.2 Å². The van der Waals surface area contributed by atoms with Crippen molar-refractivity contribution in [3.63, 3.8) is 0 Å². The molecule has 0 aliphatic carbocycles. The van der Waals surface area contributed by atoms with Crippen LogP contribution in [-0.4, -0.2) is 22.5 Å². The summed E-state index contributed by atoms with van der Waals surface area (Å²) < 4.78 is 0. The third kappa shape index (κ3) is 4.54. The van der Waals surface area contributed by atoms with E-state index in [9.17, 15) is 0 Å². The predicted molar refractivity (Wildman–Crippen MR) is 105 cm³/mol. The van der Waals surface area contributed by atoms with Gasteiger partial charge in [0.1, 0.15) is 0 Å². The molecule has 0 spiro atoms. The number of rotatable bonds is 6. The van der Waals surface area contributed by atoms with Crippen LogP contribution in [0.4, 0.5) is 0 Å². The number of nitrogens with zero attached hydrogens (tertiary/aromatic N) is 3. The smallest absolute Gasteiger partial charge is 0.191 e. The Morgan fingerprint density at radius 1 is 1.16 bits per heavy atom. The van der Waals surface area contributed by atoms with Crippen molar-refractivity contribution >= 4 is 28.2 Å². The molecule has 5 nitrogen and oxygen atoms in total. The molecule has 6 heteroatoms. The molecule has 0 radical (unpaired) electrons. The minimum Gasteiger partial charge on any atom is -0.357 e. The number of guanidine groups is 1. The highest BCUT2D eigenvalue weighted by atomic mass is 32.1. The maximum absolute atomic E-state index is 4.72. The molecule has 25 heavy (non-hydrogen) atoms. The van der Waals surface area contributed by atoms with E-state index in [2.05, 4.69) is 45.9 Å². The molecule has 0 atom stereocenters. The molecule has 0 saturated heterocycles. The zero-order valence-electron chi connectivity index (χ0n) is 14.6. The number of aryl methyl sites for hydroxylation is 1. The predicted octanol–water partition coefficient (Wildman–Crippen LogP) is 3.51. The van der Waals surface area contributed by atoms with Gasteiger partial charge in [-0.25, -0.2) is 9.98 Å². The van der Waals surface area contributed by atoms with Gasteiger partial charge in [0.15, 0.2) is 5.96 Å². The Hall–Kier alpha value is -2.47. The number of benzene rings is 1. The van der Waals surface area contributed by atoms with Crippen molar-refractivity contribution in [2.45, 2.75) is 33.4 Å². The van der Waals surface area contributed by atoms with Crippen LogP contribution in [0, 0.1) is 0 Å². The van der Waals surface area contributed by atoms with E-state index >= 15 is 0 Å². The van der Waals surface area contributed by atoms with Gasteiger partial charge in [0.25, 0.3) is 0 Å². The molecule has 3 rings (SSSR count). The largest absolute Gasteiger partial charge is 0.357 e. The SMILES string of the molecule is CCNC(=NCc1ccnc2ccccc12)NCc1csc(CC)n1. The fraction of sp³-hybridized carbons (Fsp3) is 0.316. The van der Waals surface area contributed by atoms with Gasteiger partial charge >= 0.3 is 0 Å². The molecule has 3 aromatic rings. The van der Waals surface area contributed by atoms with Crippen molar-refractivity contribution in [1.82, 2.24) is 20.6 Å². The standard InChI is InChI=1S/C19H23N5S/c1-3-18-24-15(13-25-18)12-23-19(20-4-2)22-11-14-9-10-21-17-8-6-5-7-16(14)17/h5-10,13H,3-4,11-12H2,1-2H3,(H2,20,22,23). The van der Waals surface area contributed by atoms with Crippen molar-refractivity contribution in [1.29, 1.82) is 0 Å². The van der Waals surface area contributed by atoms with Crippen LogP contribution in [0.1, 0.15) is 30.1 Å². The van der Waals surface area contributed by atoms with E-state index < -0.39 is 0 Å². The van der Waals surface area contributed by atoms with E-state index in [1.807, 2.05) is 30.5 Å². The Morgan fingerprint density at radius 2 is 2.04 bits per heavy atom. The number of hydrogen-bond donors (Lipinski definition) is 2. The highest BCUT2D eigenvalue weighted by Crippen LogP contribution is 2.16. The summed E-state index contributed by atoms with van der Waals surface area (Å²) in [5.74, 6) is 0.800. The first kappa shape index (κ1) is 17.4. The summed E-state index contributed by atoms with van der Waals surface area (Å²) >= 11 is 1.71. The number of fused-ring (bicyclic) bond motifs is 1. The van der Waals surface area contributed by atoms with Gasteiger partial charge in [-0.2, -0.15) is 0 Å². The normalized spacial score (nSPS) is 11.7. The van der Waals surface area contributed by atoms with E-state index in [-0.39, 0.29) is 0 Å². The van der Waals surface area contributed by atoms with E-state index in [1.165, 1.54) is 10.6 Å². The monoisotopic (exact) mass is 353 g/mol. The minimum absolute atomic E-state index is 0.607. The van der Waals surface area contributed by atoms with Crippen LogP contribution in [0.25, 0.3) is 10.9 Å². The zero-order chi connectivity index (χ0) is 17.5. The molecule has 2 heterocycles. The summed E-state index contributed by atoms with van der Waals surface area (Å²) in [5, 5.41) is 11.1. The van der Waals surface area contributed by atoms with Gasteiger partial charge in [-0.1, -0.05) is 25.1 Å². The molecule has 2 N–H and O–H groups in total. The van der Waals surface area contributed by atoms with Gasteiger partial charge in [0.2, 0.25) is 0 Å². The average molecular weight is 353 g/mol. The van der Waals surface area contributed by atoms with Crippen LogP contribution >= 0.6 is 11.3 Å². The van der Waals surface area contributed by atoms with Gasteiger partial charge < -0.3 is 10.6 Å². The first-order chi connectivity index (χ1) is 12.3. The molecular weight excluding hydrogens is 330 g/mol. The zero-order valence-corrected chi connectivity index (χ0v) is 15.4. The van der Waals surface area contributed by atoms with Gasteiger partial charge in [0, 0.05) is 23.5 Å². The lowest BCUT2D eigenvalue weighted by Crippen LogP contribution is -2.36. The molecule has 0 aliphatic rings. The third-order valence-corrected chi connectivity index (χ3v) is 4.87. The first-order valence-electron chi connectivity index (χ1n) is 8.58. The molecule has 0 saturated carbocycles. The molecule has 1 aromatic carbocycles. The van der Waals surface area contributed by atoms with Crippen LogP contribution in [0.3, 0.4) is 0 Å². The highest BCUT2D eigenvalue weighted by Gasteiger charge is 2.04. The van der Waals surface area contributed by atoms with Crippen molar-refractivity contribution < 1.29 is 0 Å². The second-order valence-corrected chi connectivity index (χ2v) is 6.56. The highest BCUT2D eigenvalue weighted by molar-refractivity contribution is 7.09. The van der Waals surface area contributed by atoms with E-state index in [0.29, 0.717) is 13.1 Å². The van der Waals surface area contributed by atoms with E-state index in [0.717, 1.165) is 35.5 Å². The number of pyridine rings is 1. The maximum atomic E-state index is 4.72. The van der Waals surface area contributed by atoms with E-state index in [4.69, 9.17) is 4.99 Å². The van der Waals surface area contributed by atoms with E-state index in [1.54, 1.807) is 11.3 Å². The van der Waals surface area contributed by atoms with Gasteiger partial charge in [0.05, 0.1) is 29.3 Å². The first-order valence-corrected chi connectivity index (χ1v) is 9.46. The summed E-state index contributed by atoms with van der Waals surface area (Å²) in [7, 11) is 0.